The Kier molecular flexibility index (Phi) is 6.81. The molecule has 4 heteroatoms. The van der Waals surface area contributed by atoms with E-state index < -0.39 is 0 Å². The Morgan fingerprint density at radius 2 is 2.00 bits per heavy atom. The Hall–Kier alpha value is -0.280. The maximum Gasteiger partial charge on any atom is 0.0595 e. The van der Waals surface area contributed by atoms with Gasteiger partial charge in [-0.15, -0.1) is 0 Å². The van der Waals surface area contributed by atoms with Crippen LogP contribution in [0.2, 0.25) is 10.0 Å². The SMILES string of the molecule is COCCNCCCc1ccc(Cl)c(Cl)c1. The molecule has 0 aliphatic carbocycles. The molecule has 0 radical (unpaired) electrons. The topological polar surface area (TPSA) is 21.3 Å². The highest BCUT2D eigenvalue weighted by atomic mass is 35.5. The first-order valence-electron chi connectivity index (χ1n) is 5.37. The zero-order valence-corrected chi connectivity index (χ0v) is 10.9. The summed E-state index contributed by atoms with van der Waals surface area (Å²) < 4.78 is 4.94. The van der Waals surface area contributed by atoms with E-state index in [0.717, 1.165) is 32.5 Å². The van der Waals surface area contributed by atoms with Gasteiger partial charge in [0, 0.05) is 13.7 Å². The van der Waals surface area contributed by atoms with E-state index in [1.807, 2.05) is 18.2 Å². The van der Waals surface area contributed by atoms with Gasteiger partial charge in [0.15, 0.2) is 0 Å². The molecule has 0 aliphatic rings. The first kappa shape index (κ1) is 13.8. The highest BCUT2D eigenvalue weighted by Crippen LogP contribution is 2.22. The van der Waals surface area contributed by atoms with Crippen molar-refractivity contribution in [2.24, 2.45) is 0 Å². The molecule has 0 bridgehead atoms. The summed E-state index contributed by atoms with van der Waals surface area (Å²) >= 11 is 11.8. The van der Waals surface area contributed by atoms with Crippen molar-refractivity contribution in [3.05, 3.63) is 33.8 Å². The largest absolute Gasteiger partial charge is 0.383 e. The molecule has 0 amide bonds. The Labute approximate surface area is 107 Å². The Bertz CT molecular complexity index is 318. The molecule has 0 unspecified atom stereocenters. The number of ether oxygens (including phenoxy) is 1. The first-order valence-corrected chi connectivity index (χ1v) is 6.13. The van der Waals surface area contributed by atoms with Crippen LogP contribution in [-0.2, 0) is 11.2 Å². The molecule has 1 N–H and O–H groups in total. The molecular formula is C12H17Cl2NO. The Morgan fingerprint density at radius 1 is 1.19 bits per heavy atom. The zero-order chi connectivity index (χ0) is 11.8. The number of rotatable bonds is 7. The number of hydrogen-bond donors (Lipinski definition) is 1. The zero-order valence-electron chi connectivity index (χ0n) is 9.43. The van der Waals surface area contributed by atoms with Crippen LogP contribution in [0, 0.1) is 0 Å². The van der Waals surface area contributed by atoms with Crippen LogP contribution in [0.5, 0.6) is 0 Å². The second-order valence-electron chi connectivity index (χ2n) is 3.59. The van der Waals surface area contributed by atoms with Gasteiger partial charge in [-0.25, -0.2) is 0 Å². The fourth-order valence-corrected chi connectivity index (χ4v) is 1.73. The van der Waals surface area contributed by atoms with E-state index in [2.05, 4.69) is 5.32 Å². The standard InChI is InChI=1S/C12H17Cl2NO/c1-16-8-7-15-6-2-3-10-4-5-11(13)12(14)9-10/h4-5,9,15H,2-3,6-8H2,1H3. The molecule has 90 valence electrons. The molecule has 1 aromatic carbocycles. The molecule has 0 fully saturated rings. The van der Waals surface area contributed by atoms with Crippen molar-refractivity contribution >= 4 is 23.2 Å². The summed E-state index contributed by atoms with van der Waals surface area (Å²) in [4.78, 5) is 0. The summed E-state index contributed by atoms with van der Waals surface area (Å²) in [6.07, 6.45) is 2.10. The lowest BCUT2D eigenvalue weighted by Gasteiger charge is -2.05. The van der Waals surface area contributed by atoms with E-state index in [1.165, 1.54) is 5.56 Å². The minimum atomic E-state index is 0.614. The molecule has 16 heavy (non-hydrogen) atoms. The minimum absolute atomic E-state index is 0.614. The van der Waals surface area contributed by atoms with Crippen LogP contribution < -0.4 is 5.32 Å². The molecule has 1 rings (SSSR count). The minimum Gasteiger partial charge on any atom is -0.383 e. The monoisotopic (exact) mass is 261 g/mol. The van der Waals surface area contributed by atoms with Crippen molar-refractivity contribution in [3.63, 3.8) is 0 Å². The smallest absolute Gasteiger partial charge is 0.0595 e. The maximum absolute atomic E-state index is 5.93. The molecule has 1 aromatic rings. The number of nitrogens with one attached hydrogen (secondary N) is 1. The number of methoxy groups -OCH3 is 1. The van der Waals surface area contributed by atoms with Gasteiger partial charge >= 0.3 is 0 Å². The maximum atomic E-state index is 5.93. The van der Waals surface area contributed by atoms with E-state index in [9.17, 15) is 0 Å². The van der Waals surface area contributed by atoms with Gasteiger partial charge in [0.1, 0.15) is 0 Å². The van der Waals surface area contributed by atoms with E-state index >= 15 is 0 Å². The highest BCUT2D eigenvalue weighted by molar-refractivity contribution is 6.42. The van der Waals surface area contributed by atoms with Gasteiger partial charge < -0.3 is 10.1 Å². The third-order valence-corrected chi connectivity index (χ3v) is 3.03. The van der Waals surface area contributed by atoms with Gasteiger partial charge in [-0.05, 0) is 37.1 Å². The van der Waals surface area contributed by atoms with E-state index in [1.54, 1.807) is 7.11 Å². The molecule has 0 heterocycles. The van der Waals surface area contributed by atoms with Crippen LogP contribution in [-0.4, -0.2) is 26.8 Å². The van der Waals surface area contributed by atoms with Crippen molar-refractivity contribution in [1.29, 1.82) is 0 Å². The van der Waals surface area contributed by atoms with Crippen LogP contribution in [0.1, 0.15) is 12.0 Å². The normalized spacial score (nSPS) is 10.7. The Morgan fingerprint density at radius 3 is 2.69 bits per heavy atom. The predicted octanol–water partition coefficient (Wildman–Crippen LogP) is 3.16. The van der Waals surface area contributed by atoms with Crippen molar-refractivity contribution in [2.75, 3.05) is 26.8 Å². The van der Waals surface area contributed by atoms with E-state index in [-0.39, 0.29) is 0 Å². The average molecular weight is 262 g/mol. The van der Waals surface area contributed by atoms with E-state index in [0.29, 0.717) is 10.0 Å². The first-order chi connectivity index (χ1) is 7.74. The molecule has 2 nitrogen and oxygen atoms in total. The second kappa shape index (κ2) is 7.91. The lowest BCUT2D eigenvalue weighted by molar-refractivity contribution is 0.199. The Balaban J connectivity index is 2.19. The van der Waals surface area contributed by atoms with Gasteiger partial charge in [0.2, 0.25) is 0 Å². The van der Waals surface area contributed by atoms with Crippen LogP contribution in [0.25, 0.3) is 0 Å². The van der Waals surface area contributed by atoms with Gasteiger partial charge in [-0.3, -0.25) is 0 Å². The molecule has 0 aromatic heterocycles. The molecule has 0 spiro atoms. The highest BCUT2D eigenvalue weighted by Gasteiger charge is 1.99. The summed E-state index contributed by atoms with van der Waals surface area (Å²) in [5.74, 6) is 0. The summed E-state index contributed by atoms with van der Waals surface area (Å²) in [7, 11) is 1.71. The number of hydrogen-bond acceptors (Lipinski definition) is 2. The van der Waals surface area contributed by atoms with Crippen molar-refractivity contribution in [3.8, 4) is 0 Å². The quantitative estimate of drug-likeness (QED) is 0.762. The number of benzene rings is 1. The molecular weight excluding hydrogens is 245 g/mol. The summed E-state index contributed by atoms with van der Waals surface area (Å²) in [6.45, 7) is 2.65. The summed E-state index contributed by atoms with van der Waals surface area (Å²) in [5, 5.41) is 4.54. The fourth-order valence-electron chi connectivity index (χ4n) is 1.41. The third kappa shape index (κ3) is 5.17. The van der Waals surface area contributed by atoms with Crippen LogP contribution >= 0.6 is 23.2 Å². The van der Waals surface area contributed by atoms with Crippen LogP contribution in [0.4, 0.5) is 0 Å². The predicted molar refractivity (Wildman–Crippen MR) is 69.5 cm³/mol. The van der Waals surface area contributed by atoms with Crippen LogP contribution in [0.15, 0.2) is 18.2 Å². The van der Waals surface area contributed by atoms with Gasteiger partial charge in [-0.2, -0.15) is 0 Å². The number of aryl methyl sites for hydroxylation is 1. The molecule has 0 atom stereocenters. The van der Waals surface area contributed by atoms with E-state index in [4.69, 9.17) is 27.9 Å². The third-order valence-electron chi connectivity index (χ3n) is 2.29. The van der Waals surface area contributed by atoms with Crippen LogP contribution in [0.3, 0.4) is 0 Å². The van der Waals surface area contributed by atoms with Gasteiger partial charge in [0.05, 0.1) is 16.7 Å². The summed E-state index contributed by atoms with van der Waals surface area (Å²) in [6, 6.07) is 5.79. The summed E-state index contributed by atoms with van der Waals surface area (Å²) in [5.41, 5.74) is 1.22. The lowest BCUT2D eigenvalue weighted by atomic mass is 10.1. The average Bonchev–Trinajstić information content (AvgIpc) is 2.28. The van der Waals surface area contributed by atoms with Crippen molar-refractivity contribution in [2.45, 2.75) is 12.8 Å². The van der Waals surface area contributed by atoms with Crippen molar-refractivity contribution in [1.82, 2.24) is 5.32 Å². The molecule has 0 saturated carbocycles. The fraction of sp³-hybridized carbons (Fsp3) is 0.500. The molecule has 0 aliphatic heterocycles. The lowest BCUT2D eigenvalue weighted by Crippen LogP contribution is -2.20. The number of halogens is 2. The van der Waals surface area contributed by atoms with Gasteiger partial charge in [0.25, 0.3) is 0 Å². The van der Waals surface area contributed by atoms with Gasteiger partial charge in [-0.1, -0.05) is 29.3 Å². The van der Waals surface area contributed by atoms with Crippen molar-refractivity contribution < 1.29 is 4.74 Å². The second-order valence-corrected chi connectivity index (χ2v) is 4.41. The molecule has 0 saturated heterocycles.